The summed E-state index contributed by atoms with van der Waals surface area (Å²) in [7, 11) is 0. The van der Waals surface area contributed by atoms with Crippen LogP contribution in [0.15, 0.2) is 18.2 Å². The zero-order valence-electron chi connectivity index (χ0n) is 9.92. The molecule has 6 heteroatoms. The van der Waals surface area contributed by atoms with Crippen molar-refractivity contribution in [2.75, 3.05) is 17.7 Å². The second-order valence-corrected chi connectivity index (χ2v) is 4.42. The van der Waals surface area contributed by atoms with E-state index in [1.54, 1.807) is 0 Å². The number of nitrogens with two attached hydrogens (primary N) is 1. The number of benzene rings is 1. The molecule has 0 aromatic heterocycles. The molecule has 2 rings (SSSR count). The summed E-state index contributed by atoms with van der Waals surface area (Å²) >= 11 is 0. The van der Waals surface area contributed by atoms with E-state index in [2.05, 4.69) is 5.32 Å². The third kappa shape index (κ3) is 2.69. The normalized spacial score (nSPS) is 24.2. The van der Waals surface area contributed by atoms with Gasteiger partial charge in [0.15, 0.2) is 0 Å². The molecular weight excluding hydrogens is 245 g/mol. The van der Waals surface area contributed by atoms with E-state index in [1.165, 1.54) is 12.1 Å². The van der Waals surface area contributed by atoms with E-state index in [4.69, 9.17) is 10.5 Å². The van der Waals surface area contributed by atoms with Gasteiger partial charge in [0.2, 0.25) is 0 Å². The van der Waals surface area contributed by atoms with Gasteiger partial charge in [-0.2, -0.15) is 13.2 Å². The van der Waals surface area contributed by atoms with Crippen LogP contribution in [0.1, 0.15) is 18.9 Å². The summed E-state index contributed by atoms with van der Waals surface area (Å²) in [5.74, 6) is 0. The molecule has 1 heterocycles. The van der Waals surface area contributed by atoms with E-state index < -0.39 is 11.7 Å². The predicted octanol–water partition coefficient (Wildman–Crippen LogP) is 2.88. The number of halogens is 3. The van der Waals surface area contributed by atoms with Crippen LogP contribution in [0.5, 0.6) is 0 Å². The predicted molar refractivity (Wildman–Crippen MR) is 63.3 cm³/mol. The molecule has 100 valence electrons. The molecular formula is C12H15F3N2O. The van der Waals surface area contributed by atoms with Gasteiger partial charge in [-0.25, -0.2) is 0 Å². The number of ether oxygens (including phenoxy) is 1. The minimum Gasteiger partial charge on any atom is -0.399 e. The minimum atomic E-state index is -4.42. The summed E-state index contributed by atoms with van der Waals surface area (Å²) in [6.07, 6.45) is -3.81. The molecule has 3 nitrogen and oxygen atoms in total. The van der Waals surface area contributed by atoms with Crippen molar-refractivity contribution in [3.05, 3.63) is 23.8 Å². The molecule has 0 amide bonds. The Labute approximate surface area is 103 Å². The average Bonchev–Trinajstić information content (AvgIpc) is 2.66. The maximum Gasteiger partial charge on any atom is 0.418 e. The van der Waals surface area contributed by atoms with Gasteiger partial charge in [0.25, 0.3) is 0 Å². The number of alkyl halides is 3. The lowest BCUT2D eigenvalue weighted by Crippen LogP contribution is -2.28. The molecule has 1 aliphatic rings. The highest BCUT2D eigenvalue weighted by atomic mass is 19.4. The van der Waals surface area contributed by atoms with Crippen molar-refractivity contribution < 1.29 is 17.9 Å². The van der Waals surface area contributed by atoms with Gasteiger partial charge < -0.3 is 15.8 Å². The molecule has 0 spiro atoms. The lowest BCUT2D eigenvalue weighted by atomic mass is 10.1. The van der Waals surface area contributed by atoms with Crippen molar-refractivity contribution in [1.82, 2.24) is 0 Å². The van der Waals surface area contributed by atoms with Crippen molar-refractivity contribution in [1.29, 1.82) is 0 Å². The summed E-state index contributed by atoms with van der Waals surface area (Å²) < 4.78 is 43.9. The first kappa shape index (κ1) is 13.0. The SMILES string of the molecule is CC1OCCC1Nc1ccc(N)cc1C(F)(F)F. The highest BCUT2D eigenvalue weighted by Crippen LogP contribution is 2.37. The molecule has 1 fully saturated rings. The third-order valence-electron chi connectivity index (χ3n) is 3.07. The van der Waals surface area contributed by atoms with E-state index >= 15 is 0 Å². The summed E-state index contributed by atoms with van der Waals surface area (Å²) in [4.78, 5) is 0. The van der Waals surface area contributed by atoms with Crippen LogP contribution in [-0.2, 0) is 10.9 Å². The van der Waals surface area contributed by atoms with Crippen LogP contribution in [0.25, 0.3) is 0 Å². The first-order valence-corrected chi connectivity index (χ1v) is 5.73. The molecule has 1 aromatic carbocycles. The molecule has 18 heavy (non-hydrogen) atoms. The molecule has 0 radical (unpaired) electrons. The van der Waals surface area contributed by atoms with E-state index in [0.29, 0.717) is 13.0 Å². The number of hydrogen-bond donors (Lipinski definition) is 2. The smallest absolute Gasteiger partial charge is 0.399 e. The molecule has 1 saturated heterocycles. The van der Waals surface area contributed by atoms with Gasteiger partial charge in [-0.05, 0) is 31.5 Å². The molecule has 3 N–H and O–H groups in total. The van der Waals surface area contributed by atoms with Crippen molar-refractivity contribution in [2.45, 2.75) is 31.7 Å². The Balaban J connectivity index is 2.27. The van der Waals surface area contributed by atoms with Crippen LogP contribution in [0.2, 0.25) is 0 Å². The van der Waals surface area contributed by atoms with Crippen LogP contribution in [0.3, 0.4) is 0 Å². The van der Waals surface area contributed by atoms with Crippen molar-refractivity contribution in [3.8, 4) is 0 Å². The number of anilines is 2. The first-order valence-electron chi connectivity index (χ1n) is 5.73. The standard InChI is InChI=1S/C12H15F3N2O/c1-7-10(4-5-18-7)17-11-3-2-8(16)6-9(11)12(13,14)15/h2-3,6-7,10,17H,4-5,16H2,1H3. The van der Waals surface area contributed by atoms with Crippen LogP contribution in [0.4, 0.5) is 24.5 Å². The fraction of sp³-hybridized carbons (Fsp3) is 0.500. The van der Waals surface area contributed by atoms with E-state index in [9.17, 15) is 13.2 Å². The van der Waals surface area contributed by atoms with E-state index in [0.717, 1.165) is 6.07 Å². The summed E-state index contributed by atoms with van der Waals surface area (Å²) in [5, 5.41) is 2.89. The molecule has 2 unspecified atom stereocenters. The highest BCUT2D eigenvalue weighted by molar-refractivity contribution is 5.59. The van der Waals surface area contributed by atoms with Crippen LogP contribution in [-0.4, -0.2) is 18.8 Å². The Morgan fingerprint density at radius 2 is 2.11 bits per heavy atom. The third-order valence-corrected chi connectivity index (χ3v) is 3.07. The lowest BCUT2D eigenvalue weighted by Gasteiger charge is -2.21. The van der Waals surface area contributed by atoms with Gasteiger partial charge in [-0.15, -0.1) is 0 Å². The molecule has 1 aromatic rings. The van der Waals surface area contributed by atoms with Crippen molar-refractivity contribution in [3.63, 3.8) is 0 Å². The fourth-order valence-electron chi connectivity index (χ4n) is 2.04. The topological polar surface area (TPSA) is 47.3 Å². The Bertz CT molecular complexity index is 434. The summed E-state index contributed by atoms with van der Waals surface area (Å²) in [6, 6.07) is 3.67. The maximum atomic E-state index is 12.9. The Morgan fingerprint density at radius 1 is 1.39 bits per heavy atom. The van der Waals surface area contributed by atoms with Gasteiger partial charge in [0.1, 0.15) is 0 Å². The maximum absolute atomic E-state index is 12.9. The summed E-state index contributed by atoms with van der Waals surface area (Å²) in [6.45, 7) is 2.41. The zero-order valence-corrected chi connectivity index (χ0v) is 9.92. The lowest BCUT2D eigenvalue weighted by molar-refractivity contribution is -0.136. The Morgan fingerprint density at radius 3 is 2.67 bits per heavy atom. The van der Waals surface area contributed by atoms with E-state index in [-0.39, 0.29) is 23.5 Å². The second kappa shape index (κ2) is 4.68. The Kier molecular flexibility index (Phi) is 3.38. The fourth-order valence-corrected chi connectivity index (χ4v) is 2.04. The van der Waals surface area contributed by atoms with Gasteiger partial charge in [-0.3, -0.25) is 0 Å². The highest BCUT2D eigenvalue weighted by Gasteiger charge is 2.35. The second-order valence-electron chi connectivity index (χ2n) is 4.42. The van der Waals surface area contributed by atoms with Crippen LogP contribution in [0, 0.1) is 0 Å². The molecule has 1 aliphatic heterocycles. The number of nitrogens with one attached hydrogen (secondary N) is 1. The van der Waals surface area contributed by atoms with Gasteiger partial charge in [0.05, 0.1) is 17.7 Å². The largest absolute Gasteiger partial charge is 0.418 e. The quantitative estimate of drug-likeness (QED) is 0.804. The van der Waals surface area contributed by atoms with Gasteiger partial charge >= 0.3 is 6.18 Å². The van der Waals surface area contributed by atoms with E-state index in [1.807, 2.05) is 6.92 Å². The molecule has 0 saturated carbocycles. The minimum absolute atomic E-state index is 0.0547. The summed E-state index contributed by atoms with van der Waals surface area (Å²) in [5.41, 5.74) is 4.83. The number of nitrogen functional groups attached to an aromatic ring is 1. The number of hydrogen-bond acceptors (Lipinski definition) is 3. The Hall–Kier alpha value is -1.43. The molecule has 0 bridgehead atoms. The van der Waals surface area contributed by atoms with Crippen molar-refractivity contribution >= 4 is 11.4 Å². The van der Waals surface area contributed by atoms with Gasteiger partial charge in [-0.1, -0.05) is 0 Å². The molecule has 2 atom stereocenters. The van der Waals surface area contributed by atoms with Crippen LogP contribution >= 0.6 is 0 Å². The van der Waals surface area contributed by atoms with Crippen molar-refractivity contribution in [2.24, 2.45) is 0 Å². The zero-order chi connectivity index (χ0) is 13.3. The molecule has 0 aliphatic carbocycles. The van der Waals surface area contributed by atoms with Gasteiger partial charge in [0, 0.05) is 18.0 Å². The average molecular weight is 260 g/mol. The first-order chi connectivity index (χ1) is 8.38. The van der Waals surface area contributed by atoms with Crippen LogP contribution < -0.4 is 11.1 Å². The number of rotatable bonds is 2. The monoisotopic (exact) mass is 260 g/mol.